The Bertz CT molecular complexity index is 331. The van der Waals surface area contributed by atoms with Gasteiger partial charge < -0.3 is 4.74 Å². The first-order valence-corrected chi connectivity index (χ1v) is 5.50. The van der Waals surface area contributed by atoms with E-state index in [0.717, 1.165) is 24.1 Å². The smallest absolute Gasteiger partial charge is 0.122 e. The highest BCUT2D eigenvalue weighted by Gasteiger charge is 2.10. The number of rotatable bonds is 2. The van der Waals surface area contributed by atoms with Crippen LogP contribution in [0.15, 0.2) is 24.3 Å². The van der Waals surface area contributed by atoms with Gasteiger partial charge in [0, 0.05) is 11.8 Å². The summed E-state index contributed by atoms with van der Waals surface area (Å²) in [6, 6.07) is 6.33. The van der Waals surface area contributed by atoms with Crippen molar-refractivity contribution in [1.29, 1.82) is 0 Å². The van der Waals surface area contributed by atoms with E-state index in [4.69, 9.17) is 4.74 Å². The molecule has 0 aliphatic carbocycles. The summed E-state index contributed by atoms with van der Waals surface area (Å²) >= 11 is 3.36. The molecule has 0 aromatic heterocycles. The molecular formula is C11H11BrO. The van der Waals surface area contributed by atoms with Crippen molar-refractivity contribution in [1.82, 2.24) is 0 Å². The quantitative estimate of drug-likeness (QED) is 0.721. The number of halogens is 1. The van der Waals surface area contributed by atoms with E-state index in [-0.39, 0.29) is 0 Å². The summed E-state index contributed by atoms with van der Waals surface area (Å²) in [5.41, 5.74) is 2.58. The Kier molecular flexibility index (Phi) is 2.69. The van der Waals surface area contributed by atoms with E-state index in [2.05, 4.69) is 46.3 Å². The van der Waals surface area contributed by atoms with Gasteiger partial charge in [-0.25, -0.2) is 0 Å². The molecule has 0 fully saturated rings. The number of fused-ring (bicyclic) bond motifs is 1. The van der Waals surface area contributed by atoms with Gasteiger partial charge >= 0.3 is 0 Å². The lowest BCUT2D eigenvalue weighted by Crippen LogP contribution is -1.85. The number of benzene rings is 1. The van der Waals surface area contributed by atoms with Crippen LogP contribution in [-0.2, 0) is 6.42 Å². The van der Waals surface area contributed by atoms with Crippen LogP contribution >= 0.6 is 15.9 Å². The molecule has 1 heterocycles. The van der Waals surface area contributed by atoms with E-state index in [0.29, 0.717) is 0 Å². The molecule has 2 rings (SSSR count). The zero-order valence-corrected chi connectivity index (χ0v) is 8.88. The summed E-state index contributed by atoms with van der Waals surface area (Å²) in [5.74, 6) is 1.05. The van der Waals surface area contributed by atoms with Gasteiger partial charge in [0.1, 0.15) is 5.75 Å². The molecule has 0 N–H and O–H groups in total. The normalized spacial score (nSPS) is 14.5. The molecule has 0 radical (unpaired) electrons. The van der Waals surface area contributed by atoms with E-state index < -0.39 is 0 Å². The van der Waals surface area contributed by atoms with Crippen LogP contribution in [0.25, 0.3) is 6.08 Å². The Morgan fingerprint density at radius 2 is 2.38 bits per heavy atom. The lowest BCUT2D eigenvalue weighted by Gasteiger charge is -1.99. The highest BCUT2D eigenvalue weighted by molar-refractivity contribution is 9.09. The molecule has 2 heteroatoms. The van der Waals surface area contributed by atoms with Crippen LogP contribution in [0.1, 0.15) is 11.1 Å². The third kappa shape index (κ3) is 1.94. The predicted molar refractivity (Wildman–Crippen MR) is 58.5 cm³/mol. The van der Waals surface area contributed by atoms with Crippen LogP contribution in [0, 0.1) is 0 Å². The second-order valence-electron chi connectivity index (χ2n) is 3.02. The monoisotopic (exact) mass is 238 g/mol. The number of alkyl halides is 1. The molecular weight excluding hydrogens is 228 g/mol. The van der Waals surface area contributed by atoms with Gasteiger partial charge in [-0.1, -0.05) is 34.1 Å². The maximum absolute atomic E-state index is 5.42. The summed E-state index contributed by atoms with van der Waals surface area (Å²) in [5, 5.41) is 0.903. The summed E-state index contributed by atoms with van der Waals surface area (Å²) in [6.07, 6.45) is 5.26. The standard InChI is InChI=1S/C11H11BrO/c12-6-1-2-9-3-4-11-10(8-9)5-7-13-11/h1-4,8H,5-7H2. The molecule has 68 valence electrons. The highest BCUT2D eigenvalue weighted by atomic mass is 79.9. The van der Waals surface area contributed by atoms with Crippen molar-refractivity contribution < 1.29 is 4.74 Å². The lowest BCUT2D eigenvalue weighted by molar-refractivity contribution is 0.357. The molecule has 1 aliphatic rings. The minimum atomic E-state index is 0.834. The van der Waals surface area contributed by atoms with Gasteiger partial charge in [-0.05, 0) is 23.3 Å². The largest absolute Gasteiger partial charge is 0.493 e. The first kappa shape index (κ1) is 8.82. The summed E-state index contributed by atoms with van der Waals surface area (Å²) < 4.78 is 5.42. The Hall–Kier alpha value is -0.760. The molecule has 1 aromatic rings. The average molecular weight is 239 g/mol. The zero-order chi connectivity index (χ0) is 9.10. The topological polar surface area (TPSA) is 9.23 Å². The fourth-order valence-electron chi connectivity index (χ4n) is 1.49. The van der Waals surface area contributed by atoms with Crippen LogP contribution in [0.3, 0.4) is 0 Å². The number of hydrogen-bond donors (Lipinski definition) is 0. The van der Waals surface area contributed by atoms with Gasteiger partial charge in [-0.2, -0.15) is 0 Å². The summed E-state index contributed by atoms with van der Waals surface area (Å²) in [6.45, 7) is 0.834. The fraction of sp³-hybridized carbons (Fsp3) is 0.273. The first-order valence-electron chi connectivity index (χ1n) is 4.38. The van der Waals surface area contributed by atoms with Gasteiger partial charge in [0.25, 0.3) is 0 Å². The number of ether oxygens (including phenoxy) is 1. The minimum absolute atomic E-state index is 0.834. The van der Waals surface area contributed by atoms with Crippen molar-refractivity contribution in [2.45, 2.75) is 6.42 Å². The Balaban J connectivity index is 2.25. The molecule has 0 spiro atoms. The van der Waals surface area contributed by atoms with E-state index in [1.54, 1.807) is 0 Å². The van der Waals surface area contributed by atoms with Crippen LogP contribution in [0.5, 0.6) is 5.75 Å². The Morgan fingerprint density at radius 1 is 1.46 bits per heavy atom. The summed E-state index contributed by atoms with van der Waals surface area (Å²) in [4.78, 5) is 0. The molecule has 1 aliphatic heterocycles. The van der Waals surface area contributed by atoms with Crippen LogP contribution in [-0.4, -0.2) is 11.9 Å². The molecule has 0 bridgehead atoms. The van der Waals surface area contributed by atoms with E-state index >= 15 is 0 Å². The molecule has 0 saturated heterocycles. The van der Waals surface area contributed by atoms with Crippen molar-refractivity contribution >= 4 is 22.0 Å². The van der Waals surface area contributed by atoms with E-state index in [1.165, 1.54) is 11.1 Å². The van der Waals surface area contributed by atoms with Crippen LogP contribution in [0.4, 0.5) is 0 Å². The molecule has 13 heavy (non-hydrogen) atoms. The van der Waals surface area contributed by atoms with Gasteiger partial charge in [0.2, 0.25) is 0 Å². The molecule has 1 aromatic carbocycles. The molecule has 0 atom stereocenters. The second-order valence-corrected chi connectivity index (χ2v) is 3.67. The predicted octanol–water partition coefficient (Wildman–Crippen LogP) is 3.03. The highest BCUT2D eigenvalue weighted by Crippen LogP contribution is 2.26. The van der Waals surface area contributed by atoms with Crippen molar-refractivity contribution in [2.75, 3.05) is 11.9 Å². The minimum Gasteiger partial charge on any atom is -0.493 e. The third-order valence-electron chi connectivity index (χ3n) is 2.11. The van der Waals surface area contributed by atoms with Crippen molar-refractivity contribution in [3.05, 3.63) is 35.4 Å². The Morgan fingerprint density at radius 3 is 3.23 bits per heavy atom. The zero-order valence-electron chi connectivity index (χ0n) is 7.29. The average Bonchev–Trinajstić information content (AvgIpc) is 2.61. The maximum atomic E-state index is 5.42. The molecule has 1 nitrogen and oxygen atoms in total. The lowest BCUT2D eigenvalue weighted by atomic mass is 10.1. The van der Waals surface area contributed by atoms with Crippen LogP contribution < -0.4 is 4.74 Å². The van der Waals surface area contributed by atoms with Crippen molar-refractivity contribution in [3.8, 4) is 5.75 Å². The first-order chi connectivity index (χ1) is 6.40. The van der Waals surface area contributed by atoms with Crippen molar-refractivity contribution in [2.24, 2.45) is 0 Å². The molecule has 0 amide bonds. The summed E-state index contributed by atoms with van der Waals surface area (Å²) in [7, 11) is 0. The van der Waals surface area contributed by atoms with Gasteiger partial charge in [0.15, 0.2) is 0 Å². The SMILES string of the molecule is BrCC=Cc1ccc2c(c1)CCO2. The maximum Gasteiger partial charge on any atom is 0.122 e. The van der Waals surface area contributed by atoms with Gasteiger partial charge in [-0.3, -0.25) is 0 Å². The number of allylic oxidation sites excluding steroid dienone is 1. The number of hydrogen-bond acceptors (Lipinski definition) is 1. The Labute approximate surface area is 86.5 Å². The molecule has 0 saturated carbocycles. The van der Waals surface area contributed by atoms with Crippen molar-refractivity contribution in [3.63, 3.8) is 0 Å². The molecule has 0 unspecified atom stereocenters. The van der Waals surface area contributed by atoms with E-state index in [9.17, 15) is 0 Å². The van der Waals surface area contributed by atoms with Gasteiger partial charge in [-0.15, -0.1) is 0 Å². The second kappa shape index (κ2) is 3.97. The van der Waals surface area contributed by atoms with E-state index in [1.807, 2.05) is 0 Å². The van der Waals surface area contributed by atoms with Gasteiger partial charge in [0.05, 0.1) is 6.61 Å². The third-order valence-corrected chi connectivity index (χ3v) is 2.49. The van der Waals surface area contributed by atoms with Crippen LogP contribution in [0.2, 0.25) is 0 Å². The fourth-order valence-corrected chi connectivity index (χ4v) is 1.68.